The number of hydrogen-bond donors (Lipinski definition) is 0. The van der Waals surface area contributed by atoms with Crippen LogP contribution in [-0.2, 0) is 10.7 Å². The molecule has 1 saturated heterocycles. The molecule has 0 N–H and O–H groups in total. The second-order valence-electron chi connectivity index (χ2n) is 6.15. The van der Waals surface area contributed by atoms with E-state index in [4.69, 9.17) is 9.26 Å². The minimum Gasteiger partial charge on any atom is -0.444 e. The van der Waals surface area contributed by atoms with Gasteiger partial charge in [-0.25, -0.2) is 4.79 Å². The Labute approximate surface area is 153 Å². The molecule has 6 nitrogen and oxygen atoms in total. The lowest BCUT2D eigenvalue weighted by molar-refractivity contribution is -0.0680. The number of benzene rings is 2. The highest BCUT2D eigenvalue weighted by Crippen LogP contribution is 2.36. The zero-order chi connectivity index (χ0) is 18.9. The van der Waals surface area contributed by atoms with E-state index in [1.165, 1.54) is 4.90 Å². The predicted molar refractivity (Wildman–Crippen MR) is 92.3 cm³/mol. The van der Waals surface area contributed by atoms with E-state index >= 15 is 0 Å². The first kappa shape index (κ1) is 17.1. The first-order chi connectivity index (χ1) is 13.0. The van der Waals surface area contributed by atoms with E-state index in [0.29, 0.717) is 11.3 Å². The lowest BCUT2D eigenvalue weighted by Crippen LogP contribution is -2.27. The number of para-hydroxylation sites is 1. The number of anilines is 1. The van der Waals surface area contributed by atoms with Gasteiger partial charge in [0.15, 0.2) is 0 Å². The maximum absolute atomic E-state index is 14.6. The molecule has 0 aliphatic carbocycles. The van der Waals surface area contributed by atoms with Crippen LogP contribution in [0.25, 0.3) is 11.4 Å². The number of rotatable bonds is 5. The summed E-state index contributed by atoms with van der Waals surface area (Å²) in [5, 5.41) is 3.62. The van der Waals surface area contributed by atoms with Crippen LogP contribution >= 0.6 is 0 Å². The highest BCUT2D eigenvalue weighted by Gasteiger charge is 2.45. The van der Waals surface area contributed by atoms with Gasteiger partial charge in [0.05, 0.1) is 13.0 Å². The number of cyclic esters (lactones) is 1. The number of halogens is 2. The third-order valence-corrected chi connectivity index (χ3v) is 4.20. The molecule has 2 heterocycles. The summed E-state index contributed by atoms with van der Waals surface area (Å²) in [6.07, 6.45) is -2.38. The SMILES string of the molecule is O=C1OC(CC(F)(F)c2nc(-c3ccccc3)no2)CN1c1ccccc1. The maximum atomic E-state index is 14.6. The zero-order valence-electron chi connectivity index (χ0n) is 14.1. The molecule has 0 bridgehead atoms. The second-order valence-corrected chi connectivity index (χ2v) is 6.15. The van der Waals surface area contributed by atoms with Crippen molar-refractivity contribution in [3.63, 3.8) is 0 Å². The van der Waals surface area contributed by atoms with Crippen molar-refractivity contribution in [1.29, 1.82) is 0 Å². The van der Waals surface area contributed by atoms with Gasteiger partial charge in [0.25, 0.3) is 5.89 Å². The van der Waals surface area contributed by atoms with Gasteiger partial charge >= 0.3 is 12.0 Å². The zero-order valence-corrected chi connectivity index (χ0v) is 14.1. The second kappa shape index (κ2) is 6.79. The fraction of sp³-hybridized carbons (Fsp3) is 0.211. The Morgan fingerprint density at radius 1 is 1.07 bits per heavy atom. The van der Waals surface area contributed by atoms with Crippen LogP contribution in [-0.4, -0.2) is 28.9 Å². The number of ether oxygens (including phenoxy) is 1. The van der Waals surface area contributed by atoms with E-state index < -0.39 is 30.4 Å². The molecule has 27 heavy (non-hydrogen) atoms. The van der Waals surface area contributed by atoms with Gasteiger partial charge in [-0.1, -0.05) is 53.7 Å². The highest BCUT2D eigenvalue weighted by molar-refractivity contribution is 5.89. The van der Waals surface area contributed by atoms with Crippen LogP contribution in [0.3, 0.4) is 0 Å². The fourth-order valence-electron chi connectivity index (χ4n) is 2.90. The van der Waals surface area contributed by atoms with E-state index in [2.05, 4.69) is 10.1 Å². The van der Waals surface area contributed by atoms with Crippen molar-refractivity contribution in [2.75, 3.05) is 11.4 Å². The Morgan fingerprint density at radius 2 is 1.74 bits per heavy atom. The molecule has 1 aliphatic heterocycles. The summed E-state index contributed by atoms with van der Waals surface area (Å²) < 4.78 is 39.0. The molecule has 1 amide bonds. The normalized spacial score (nSPS) is 17.2. The molecule has 4 rings (SSSR count). The average molecular weight is 371 g/mol. The van der Waals surface area contributed by atoms with Gasteiger partial charge in [-0.05, 0) is 12.1 Å². The van der Waals surface area contributed by atoms with Crippen molar-refractivity contribution >= 4 is 11.8 Å². The number of amides is 1. The molecule has 8 heteroatoms. The Balaban J connectivity index is 1.48. The molecule has 2 aromatic carbocycles. The summed E-state index contributed by atoms with van der Waals surface area (Å²) in [7, 11) is 0. The van der Waals surface area contributed by atoms with Gasteiger partial charge in [-0.3, -0.25) is 4.90 Å². The summed E-state index contributed by atoms with van der Waals surface area (Å²) in [5.41, 5.74) is 1.17. The molecule has 1 aromatic heterocycles. The highest BCUT2D eigenvalue weighted by atomic mass is 19.3. The Morgan fingerprint density at radius 3 is 2.44 bits per heavy atom. The van der Waals surface area contributed by atoms with Crippen LogP contribution in [0.2, 0.25) is 0 Å². The topological polar surface area (TPSA) is 68.5 Å². The smallest absolute Gasteiger partial charge is 0.414 e. The van der Waals surface area contributed by atoms with Gasteiger partial charge in [0.1, 0.15) is 6.10 Å². The molecular formula is C19H15F2N3O3. The van der Waals surface area contributed by atoms with Crippen molar-refractivity contribution in [2.24, 2.45) is 0 Å². The van der Waals surface area contributed by atoms with Gasteiger partial charge in [-0.2, -0.15) is 13.8 Å². The Bertz CT molecular complexity index is 932. The molecule has 3 aromatic rings. The van der Waals surface area contributed by atoms with Gasteiger partial charge in [-0.15, -0.1) is 0 Å². The number of hydrogen-bond acceptors (Lipinski definition) is 5. The van der Waals surface area contributed by atoms with Crippen molar-refractivity contribution in [3.8, 4) is 11.4 Å². The predicted octanol–water partition coefficient (Wildman–Crippen LogP) is 4.24. The lowest BCUT2D eigenvalue weighted by Gasteiger charge is -2.15. The summed E-state index contributed by atoms with van der Waals surface area (Å²) >= 11 is 0. The minimum atomic E-state index is -3.42. The van der Waals surface area contributed by atoms with Gasteiger partial charge in [0.2, 0.25) is 5.82 Å². The summed E-state index contributed by atoms with van der Waals surface area (Å²) in [6.45, 7) is 0.0259. The van der Waals surface area contributed by atoms with E-state index in [-0.39, 0.29) is 12.4 Å². The maximum Gasteiger partial charge on any atom is 0.414 e. The fourth-order valence-corrected chi connectivity index (χ4v) is 2.90. The van der Waals surface area contributed by atoms with Crippen molar-refractivity contribution in [2.45, 2.75) is 18.4 Å². The molecular weight excluding hydrogens is 356 g/mol. The van der Waals surface area contributed by atoms with Crippen molar-refractivity contribution < 1.29 is 22.8 Å². The van der Waals surface area contributed by atoms with Crippen molar-refractivity contribution in [3.05, 3.63) is 66.6 Å². The number of carbonyl (C=O) groups excluding carboxylic acids is 1. The van der Waals surface area contributed by atoms with Gasteiger partial charge < -0.3 is 9.26 Å². The molecule has 1 unspecified atom stereocenters. The Hall–Kier alpha value is -3.29. The van der Waals surface area contributed by atoms with Crippen LogP contribution in [0.4, 0.5) is 19.3 Å². The van der Waals surface area contributed by atoms with Crippen LogP contribution in [0, 0.1) is 0 Å². The minimum absolute atomic E-state index is 0.0259. The number of nitrogens with zero attached hydrogens (tertiary/aromatic N) is 3. The quantitative estimate of drug-likeness (QED) is 0.671. The monoisotopic (exact) mass is 371 g/mol. The Kier molecular flexibility index (Phi) is 4.31. The van der Waals surface area contributed by atoms with Crippen molar-refractivity contribution in [1.82, 2.24) is 10.1 Å². The average Bonchev–Trinajstić information content (AvgIpc) is 3.30. The van der Waals surface area contributed by atoms with E-state index in [0.717, 1.165) is 0 Å². The van der Waals surface area contributed by atoms with E-state index in [1.807, 2.05) is 0 Å². The van der Waals surface area contributed by atoms with E-state index in [9.17, 15) is 13.6 Å². The third kappa shape index (κ3) is 3.51. The van der Waals surface area contributed by atoms with Crippen LogP contribution in [0.1, 0.15) is 12.3 Å². The molecule has 0 radical (unpaired) electrons. The van der Waals surface area contributed by atoms with Gasteiger partial charge in [0, 0.05) is 11.3 Å². The van der Waals surface area contributed by atoms with E-state index in [1.54, 1.807) is 60.7 Å². The standard InChI is InChI=1S/C19H15F2N3O3/c20-19(21,17-22-16(23-27-17)13-7-3-1-4-8-13)11-15-12-24(18(25)26-15)14-9-5-2-6-10-14/h1-10,15H,11-12H2. The summed E-state index contributed by atoms with van der Waals surface area (Å²) in [6, 6.07) is 17.4. The van der Waals surface area contributed by atoms with Crippen LogP contribution in [0.15, 0.2) is 65.2 Å². The molecule has 1 fully saturated rings. The first-order valence-corrected chi connectivity index (χ1v) is 8.33. The summed E-state index contributed by atoms with van der Waals surface area (Å²) in [4.78, 5) is 17.1. The molecule has 0 saturated carbocycles. The molecule has 0 spiro atoms. The van der Waals surface area contributed by atoms with Crippen LogP contribution < -0.4 is 4.90 Å². The number of carbonyl (C=O) groups is 1. The number of alkyl halides is 2. The largest absolute Gasteiger partial charge is 0.444 e. The summed E-state index contributed by atoms with van der Waals surface area (Å²) in [5.74, 6) is -4.13. The molecule has 138 valence electrons. The number of aromatic nitrogens is 2. The third-order valence-electron chi connectivity index (χ3n) is 4.20. The first-order valence-electron chi connectivity index (χ1n) is 8.33. The van der Waals surface area contributed by atoms with Crippen LogP contribution in [0.5, 0.6) is 0 Å². The molecule has 1 aliphatic rings. The lowest BCUT2D eigenvalue weighted by atomic mass is 10.1. The molecule has 1 atom stereocenters.